The third-order valence-corrected chi connectivity index (χ3v) is 0.354. The Morgan fingerprint density at radius 3 is 1.25 bits per heavy atom. The summed E-state index contributed by atoms with van der Waals surface area (Å²) in [4.78, 5) is 0. The van der Waals surface area contributed by atoms with Crippen LogP contribution in [0.25, 0.3) is 0 Å². The van der Waals surface area contributed by atoms with Crippen molar-refractivity contribution in [3.8, 4) is 0 Å². The topological polar surface area (TPSA) is 0 Å². The fourth-order valence-corrected chi connectivity index (χ4v) is 0. The van der Waals surface area contributed by atoms with Gasteiger partial charge in [0.2, 0.25) is 0 Å². The van der Waals surface area contributed by atoms with E-state index in [2.05, 4.69) is 20.8 Å². The summed E-state index contributed by atoms with van der Waals surface area (Å²) in [6, 6.07) is 0. The third-order valence-electron chi connectivity index (χ3n) is 0.354. The molecule has 0 fully saturated rings. The summed E-state index contributed by atoms with van der Waals surface area (Å²) in [5.74, 6) is 0. The Kier molecular flexibility index (Phi) is 119. The van der Waals surface area contributed by atoms with Gasteiger partial charge in [0.05, 0.1) is 0 Å². The molecule has 0 aliphatic heterocycles. The Morgan fingerprint density at radius 2 is 1.25 bits per heavy atom. The van der Waals surface area contributed by atoms with E-state index in [1.54, 1.807) is 6.92 Å². The molecule has 0 aromatic rings. The molecule has 0 N–H and O–H groups in total. The van der Waals surface area contributed by atoms with Crippen LogP contribution in [0.5, 0.6) is 0 Å². The van der Waals surface area contributed by atoms with Crippen molar-refractivity contribution in [2.45, 2.75) is 26.7 Å². The Morgan fingerprint density at radius 1 is 1.12 bits per heavy atom. The van der Waals surface area contributed by atoms with E-state index in [0.717, 1.165) is 6.42 Å². The second-order valence-corrected chi connectivity index (χ2v) is 0.854. The average molecular weight is 100 g/mol. The van der Waals surface area contributed by atoms with Crippen molar-refractivity contribution < 1.29 is 37.7 Å². The largest absolute Gasteiger partial charge is 1.00 e. The van der Waals surface area contributed by atoms with Gasteiger partial charge in [-0.15, -0.1) is 0 Å². The van der Waals surface area contributed by atoms with Gasteiger partial charge in [0.15, 0.2) is 0 Å². The van der Waals surface area contributed by atoms with Gasteiger partial charge in [0, 0.05) is 0 Å². The van der Waals surface area contributed by atoms with Crippen LogP contribution in [-0.4, -0.2) is 0 Å². The maximum Gasteiger partial charge on any atom is 1.00 e. The molecule has 2 heteroatoms. The molecule has 0 aromatic carbocycles. The second kappa shape index (κ2) is 41.6. The quantitative estimate of drug-likeness (QED) is 0.236. The first-order valence-corrected chi connectivity index (χ1v) is 2.41. The number of unbranched alkanes of at least 4 members (excludes halogenated alkanes) is 1. The SMILES string of the molecule is [CH2-]C.[CH2-]CCC.[Li+].[Li+]. The molecule has 0 aliphatic rings. The molecule has 0 nitrogen and oxygen atoms in total. The molecule has 0 aliphatic carbocycles. The number of hydrogen-bond acceptors (Lipinski definition) is 0. The van der Waals surface area contributed by atoms with Gasteiger partial charge in [-0.3, -0.25) is 0 Å². The van der Waals surface area contributed by atoms with Crippen molar-refractivity contribution in [1.82, 2.24) is 0 Å². The molecule has 40 valence electrons. The molecule has 0 aromatic heterocycles. The Bertz CT molecular complexity index is 8.49. The van der Waals surface area contributed by atoms with Crippen LogP contribution in [0.3, 0.4) is 0 Å². The predicted molar refractivity (Wildman–Crippen MR) is 31.3 cm³/mol. The third kappa shape index (κ3) is 57.3. The molecular formula is C6H14Li2. The normalized spacial score (nSPS) is 4.50. The standard InChI is InChI=1S/C4H9.C2H5.2Li/c1-3-4-2;1-2;;/h1,3-4H2,2H3;1H2,2H3;;/q2*-1;2*+1. The molecule has 0 unspecified atom stereocenters. The van der Waals surface area contributed by atoms with Crippen LogP contribution in [0.4, 0.5) is 0 Å². The zero-order chi connectivity index (χ0) is 5.41. The Hall–Kier alpha value is 1.19. The Labute approximate surface area is 78.2 Å². The summed E-state index contributed by atoms with van der Waals surface area (Å²) in [5.41, 5.74) is 0. The van der Waals surface area contributed by atoms with E-state index in [4.69, 9.17) is 0 Å². The van der Waals surface area contributed by atoms with Crippen LogP contribution in [0.1, 0.15) is 26.7 Å². The first-order valence-electron chi connectivity index (χ1n) is 2.41. The zero-order valence-electron chi connectivity index (χ0n) is 6.83. The van der Waals surface area contributed by atoms with Crippen LogP contribution < -0.4 is 37.7 Å². The molecule has 0 atom stereocenters. The zero-order valence-corrected chi connectivity index (χ0v) is 6.83. The summed E-state index contributed by atoms with van der Waals surface area (Å²) in [6.07, 6.45) is 2.28. The average Bonchev–Trinajstić information content (AvgIpc) is 1.72. The van der Waals surface area contributed by atoms with Crippen LogP contribution in [-0.2, 0) is 0 Å². The monoisotopic (exact) mass is 100 g/mol. The van der Waals surface area contributed by atoms with Crippen LogP contribution in [0.2, 0.25) is 0 Å². The molecule has 0 spiro atoms. The van der Waals surface area contributed by atoms with Crippen molar-refractivity contribution in [2.24, 2.45) is 0 Å². The fraction of sp³-hybridized carbons (Fsp3) is 0.667. The van der Waals surface area contributed by atoms with Crippen molar-refractivity contribution in [1.29, 1.82) is 0 Å². The minimum Gasteiger partial charge on any atom is -0.346 e. The van der Waals surface area contributed by atoms with Crippen molar-refractivity contribution >= 4 is 0 Å². The molecule has 0 rings (SSSR count). The van der Waals surface area contributed by atoms with Gasteiger partial charge in [-0.25, -0.2) is 0 Å². The van der Waals surface area contributed by atoms with Crippen molar-refractivity contribution in [3.63, 3.8) is 0 Å². The summed E-state index contributed by atoms with van der Waals surface area (Å²) >= 11 is 0. The Balaban J connectivity index is -0.0000000183. The van der Waals surface area contributed by atoms with E-state index in [-0.39, 0.29) is 37.7 Å². The van der Waals surface area contributed by atoms with E-state index in [9.17, 15) is 0 Å². The van der Waals surface area contributed by atoms with E-state index in [1.165, 1.54) is 6.42 Å². The molecule has 0 heterocycles. The van der Waals surface area contributed by atoms with E-state index < -0.39 is 0 Å². The van der Waals surface area contributed by atoms with Gasteiger partial charge >= 0.3 is 37.7 Å². The molecular weight excluding hydrogens is 85.9 g/mol. The van der Waals surface area contributed by atoms with Gasteiger partial charge < -0.3 is 13.8 Å². The summed E-state index contributed by atoms with van der Waals surface area (Å²) in [7, 11) is 0. The van der Waals surface area contributed by atoms with Gasteiger partial charge in [0.1, 0.15) is 0 Å². The summed E-state index contributed by atoms with van der Waals surface area (Å²) in [6.45, 7) is 10.7. The van der Waals surface area contributed by atoms with Crippen LogP contribution in [0.15, 0.2) is 0 Å². The van der Waals surface area contributed by atoms with Gasteiger partial charge in [0.25, 0.3) is 0 Å². The molecule has 0 radical (unpaired) electrons. The smallest absolute Gasteiger partial charge is 0.346 e. The molecule has 0 bridgehead atoms. The van der Waals surface area contributed by atoms with E-state index in [0.29, 0.717) is 0 Å². The second-order valence-electron chi connectivity index (χ2n) is 0.854. The molecule has 0 saturated carbocycles. The van der Waals surface area contributed by atoms with Gasteiger partial charge in [-0.2, -0.15) is 13.3 Å². The minimum atomic E-state index is 0. The first kappa shape index (κ1) is 22.9. The predicted octanol–water partition coefficient (Wildman–Crippen LogP) is -3.53. The first-order chi connectivity index (χ1) is 2.91. The van der Waals surface area contributed by atoms with E-state index in [1.807, 2.05) is 0 Å². The van der Waals surface area contributed by atoms with Crippen molar-refractivity contribution in [2.75, 3.05) is 0 Å². The molecule has 0 saturated heterocycles. The van der Waals surface area contributed by atoms with Gasteiger partial charge in [-0.05, 0) is 0 Å². The maximum absolute atomic E-state index is 3.60. The molecule has 8 heavy (non-hydrogen) atoms. The maximum atomic E-state index is 3.60. The number of rotatable bonds is 1. The molecule has 0 amide bonds. The van der Waals surface area contributed by atoms with Gasteiger partial charge in [-0.1, -0.05) is 13.3 Å². The minimum absolute atomic E-state index is 0. The van der Waals surface area contributed by atoms with E-state index >= 15 is 0 Å². The number of hydrogen-bond donors (Lipinski definition) is 0. The summed E-state index contributed by atoms with van der Waals surface area (Å²) in [5, 5.41) is 0. The fourth-order valence-electron chi connectivity index (χ4n) is 0. The summed E-state index contributed by atoms with van der Waals surface area (Å²) < 4.78 is 0. The van der Waals surface area contributed by atoms with Crippen LogP contribution >= 0.6 is 0 Å². The van der Waals surface area contributed by atoms with Crippen molar-refractivity contribution in [3.05, 3.63) is 13.8 Å². The van der Waals surface area contributed by atoms with Crippen LogP contribution in [0, 0.1) is 13.8 Å².